The van der Waals surface area contributed by atoms with Gasteiger partial charge in [0.15, 0.2) is 12.7 Å². The molecule has 1 atom stereocenters. The van der Waals surface area contributed by atoms with E-state index in [0.29, 0.717) is 11.5 Å². The standard InChI is InChI=1S/C23H24N2O4/c1-15-8-9-16(2)21(12-15)29-17(3)23(27)25-24-22(26)14-28-20-11-10-18-6-4-5-7-19(18)13-20/h4-13,17H,14H2,1-3H3,(H,24,26)(H,25,27). The van der Waals surface area contributed by atoms with E-state index in [1.54, 1.807) is 13.0 Å². The van der Waals surface area contributed by atoms with E-state index in [9.17, 15) is 9.59 Å². The summed E-state index contributed by atoms with van der Waals surface area (Å²) in [6.07, 6.45) is -0.766. The summed E-state index contributed by atoms with van der Waals surface area (Å²) in [4.78, 5) is 24.1. The van der Waals surface area contributed by atoms with Crippen molar-refractivity contribution < 1.29 is 19.1 Å². The summed E-state index contributed by atoms with van der Waals surface area (Å²) in [5.41, 5.74) is 6.67. The topological polar surface area (TPSA) is 76.7 Å². The van der Waals surface area contributed by atoms with E-state index in [1.165, 1.54) is 0 Å². The number of hydrogen-bond acceptors (Lipinski definition) is 4. The Morgan fingerprint density at radius 1 is 0.931 bits per heavy atom. The molecule has 29 heavy (non-hydrogen) atoms. The zero-order chi connectivity index (χ0) is 20.8. The molecule has 150 valence electrons. The fourth-order valence-corrected chi connectivity index (χ4v) is 2.75. The molecule has 0 fully saturated rings. The van der Waals surface area contributed by atoms with E-state index < -0.39 is 17.9 Å². The van der Waals surface area contributed by atoms with Crippen LogP contribution in [0.15, 0.2) is 60.7 Å². The number of fused-ring (bicyclic) bond motifs is 1. The van der Waals surface area contributed by atoms with Gasteiger partial charge in [-0.2, -0.15) is 0 Å². The lowest BCUT2D eigenvalue weighted by Crippen LogP contribution is -2.48. The summed E-state index contributed by atoms with van der Waals surface area (Å²) in [5.74, 6) is 0.297. The maximum atomic E-state index is 12.2. The molecular weight excluding hydrogens is 368 g/mol. The normalized spacial score (nSPS) is 11.6. The molecule has 0 aliphatic carbocycles. The van der Waals surface area contributed by atoms with Gasteiger partial charge in [-0.05, 0) is 60.9 Å². The van der Waals surface area contributed by atoms with Gasteiger partial charge in [0, 0.05) is 0 Å². The number of aryl methyl sites for hydroxylation is 2. The van der Waals surface area contributed by atoms with Crippen molar-refractivity contribution in [3.05, 3.63) is 71.8 Å². The third kappa shape index (κ3) is 5.48. The van der Waals surface area contributed by atoms with Crippen LogP contribution in [0.5, 0.6) is 11.5 Å². The lowest BCUT2D eigenvalue weighted by molar-refractivity contribution is -0.133. The second-order valence-electron chi connectivity index (χ2n) is 6.86. The first-order valence-corrected chi connectivity index (χ1v) is 9.36. The molecule has 6 nitrogen and oxygen atoms in total. The maximum Gasteiger partial charge on any atom is 0.279 e. The molecule has 2 amide bonds. The molecule has 1 unspecified atom stereocenters. The van der Waals surface area contributed by atoms with E-state index >= 15 is 0 Å². The molecule has 0 bridgehead atoms. The molecule has 0 saturated heterocycles. The van der Waals surface area contributed by atoms with Crippen molar-refractivity contribution in [2.24, 2.45) is 0 Å². The Morgan fingerprint density at radius 2 is 1.69 bits per heavy atom. The molecule has 0 saturated carbocycles. The average Bonchev–Trinajstić information content (AvgIpc) is 2.72. The van der Waals surface area contributed by atoms with Crippen LogP contribution in [-0.4, -0.2) is 24.5 Å². The first-order chi connectivity index (χ1) is 13.9. The highest BCUT2D eigenvalue weighted by Crippen LogP contribution is 2.21. The minimum absolute atomic E-state index is 0.217. The molecule has 3 aromatic rings. The van der Waals surface area contributed by atoms with Gasteiger partial charge in [0.2, 0.25) is 0 Å². The van der Waals surface area contributed by atoms with E-state index in [-0.39, 0.29) is 6.61 Å². The summed E-state index contributed by atoms with van der Waals surface area (Å²) >= 11 is 0. The summed E-state index contributed by atoms with van der Waals surface area (Å²) in [5, 5.41) is 2.12. The van der Waals surface area contributed by atoms with Crippen LogP contribution < -0.4 is 20.3 Å². The summed E-state index contributed by atoms with van der Waals surface area (Å²) < 4.78 is 11.2. The number of amides is 2. The minimum Gasteiger partial charge on any atom is -0.484 e. The van der Waals surface area contributed by atoms with E-state index in [4.69, 9.17) is 9.47 Å². The lowest BCUT2D eigenvalue weighted by atomic mass is 10.1. The zero-order valence-electron chi connectivity index (χ0n) is 16.7. The SMILES string of the molecule is Cc1ccc(C)c(OC(C)C(=O)NNC(=O)COc2ccc3ccccc3c2)c1. The zero-order valence-corrected chi connectivity index (χ0v) is 16.7. The number of ether oxygens (including phenoxy) is 2. The first kappa shape index (κ1) is 20.2. The number of carbonyl (C=O) groups is 2. The van der Waals surface area contributed by atoms with Crippen LogP contribution in [0.1, 0.15) is 18.1 Å². The third-order valence-corrected chi connectivity index (χ3v) is 4.43. The van der Waals surface area contributed by atoms with Crippen LogP contribution >= 0.6 is 0 Å². The highest BCUT2D eigenvalue weighted by atomic mass is 16.5. The molecule has 0 aliphatic rings. The van der Waals surface area contributed by atoms with Gasteiger partial charge in [-0.3, -0.25) is 20.4 Å². The van der Waals surface area contributed by atoms with Crippen molar-refractivity contribution in [3.63, 3.8) is 0 Å². The minimum atomic E-state index is -0.766. The van der Waals surface area contributed by atoms with E-state index in [0.717, 1.165) is 21.9 Å². The molecule has 0 radical (unpaired) electrons. The van der Waals surface area contributed by atoms with Gasteiger partial charge in [-0.25, -0.2) is 0 Å². The first-order valence-electron chi connectivity index (χ1n) is 9.36. The predicted molar refractivity (Wildman–Crippen MR) is 112 cm³/mol. The fraction of sp³-hybridized carbons (Fsp3) is 0.217. The van der Waals surface area contributed by atoms with E-state index in [2.05, 4.69) is 10.9 Å². The van der Waals surface area contributed by atoms with Crippen molar-refractivity contribution in [2.75, 3.05) is 6.61 Å². The molecule has 3 aromatic carbocycles. The van der Waals surface area contributed by atoms with Gasteiger partial charge in [-0.1, -0.05) is 42.5 Å². The second kappa shape index (κ2) is 9.10. The number of carbonyl (C=O) groups excluding carboxylic acids is 2. The molecule has 3 rings (SSSR count). The van der Waals surface area contributed by atoms with Crippen molar-refractivity contribution in [3.8, 4) is 11.5 Å². The van der Waals surface area contributed by atoms with Crippen molar-refractivity contribution >= 4 is 22.6 Å². The quantitative estimate of drug-likeness (QED) is 0.630. The molecule has 0 aliphatic heterocycles. The third-order valence-electron chi connectivity index (χ3n) is 4.43. The molecule has 0 heterocycles. The smallest absolute Gasteiger partial charge is 0.279 e. The van der Waals surface area contributed by atoms with Crippen LogP contribution in [0.4, 0.5) is 0 Å². The largest absolute Gasteiger partial charge is 0.484 e. The van der Waals surface area contributed by atoms with Crippen molar-refractivity contribution in [2.45, 2.75) is 26.9 Å². The Labute approximate surface area is 169 Å². The van der Waals surface area contributed by atoms with Gasteiger partial charge in [0.1, 0.15) is 11.5 Å². The van der Waals surface area contributed by atoms with Crippen LogP contribution in [0.3, 0.4) is 0 Å². The lowest BCUT2D eigenvalue weighted by Gasteiger charge is -2.17. The van der Waals surface area contributed by atoms with Crippen molar-refractivity contribution in [1.29, 1.82) is 0 Å². The average molecular weight is 392 g/mol. The summed E-state index contributed by atoms with van der Waals surface area (Å²) in [6.45, 7) is 5.26. The number of nitrogens with one attached hydrogen (secondary N) is 2. The Hall–Kier alpha value is -3.54. The molecular formula is C23H24N2O4. The number of rotatable bonds is 6. The molecule has 0 spiro atoms. The van der Waals surface area contributed by atoms with Crippen LogP contribution in [-0.2, 0) is 9.59 Å². The fourth-order valence-electron chi connectivity index (χ4n) is 2.75. The summed E-state index contributed by atoms with van der Waals surface area (Å²) in [7, 11) is 0. The second-order valence-corrected chi connectivity index (χ2v) is 6.86. The maximum absolute atomic E-state index is 12.2. The predicted octanol–water partition coefficient (Wildman–Crippen LogP) is 3.45. The number of hydrazine groups is 1. The van der Waals surface area contributed by atoms with Gasteiger partial charge in [0.25, 0.3) is 11.8 Å². The van der Waals surface area contributed by atoms with Gasteiger partial charge in [0.05, 0.1) is 0 Å². The number of benzene rings is 3. The Bertz CT molecular complexity index is 1030. The molecule has 2 N–H and O–H groups in total. The molecule has 6 heteroatoms. The van der Waals surface area contributed by atoms with E-state index in [1.807, 2.05) is 68.4 Å². The van der Waals surface area contributed by atoms with Crippen LogP contribution in [0, 0.1) is 13.8 Å². The monoisotopic (exact) mass is 392 g/mol. The van der Waals surface area contributed by atoms with Gasteiger partial charge >= 0.3 is 0 Å². The highest BCUT2D eigenvalue weighted by molar-refractivity contribution is 5.86. The van der Waals surface area contributed by atoms with Gasteiger partial charge < -0.3 is 9.47 Å². The highest BCUT2D eigenvalue weighted by Gasteiger charge is 2.16. The Balaban J connectivity index is 1.46. The Kier molecular flexibility index (Phi) is 6.34. The Morgan fingerprint density at radius 3 is 2.48 bits per heavy atom. The summed E-state index contributed by atoms with van der Waals surface area (Å²) in [6, 6.07) is 19.2. The van der Waals surface area contributed by atoms with Crippen molar-refractivity contribution in [1.82, 2.24) is 10.9 Å². The molecule has 0 aromatic heterocycles. The van der Waals surface area contributed by atoms with Crippen LogP contribution in [0.2, 0.25) is 0 Å². The van der Waals surface area contributed by atoms with Gasteiger partial charge in [-0.15, -0.1) is 0 Å². The number of hydrogen-bond donors (Lipinski definition) is 2. The van der Waals surface area contributed by atoms with Crippen LogP contribution in [0.25, 0.3) is 10.8 Å².